The number of hydrogen-bond acceptors (Lipinski definition) is 2. The molecule has 1 aromatic heterocycles. The molecule has 0 saturated heterocycles. The molecule has 42 heavy (non-hydrogen) atoms. The molecule has 0 saturated carbocycles. The zero-order valence-corrected chi connectivity index (χ0v) is 22.9. The van der Waals surface area contributed by atoms with Crippen LogP contribution in [0.4, 0.5) is 17.1 Å². The summed E-state index contributed by atoms with van der Waals surface area (Å²) in [5.74, 6) is 0. The van der Waals surface area contributed by atoms with Crippen LogP contribution in [-0.2, 0) is 0 Å². The molecule has 0 N–H and O–H groups in total. The minimum atomic E-state index is 0.873. The number of nitrogens with zero attached hydrogens (tertiary/aromatic N) is 1. The molecular formula is C40H27NO. The van der Waals surface area contributed by atoms with Gasteiger partial charge in [-0.1, -0.05) is 121 Å². The second kappa shape index (κ2) is 10.1. The van der Waals surface area contributed by atoms with Crippen molar-refractivity contribution in [1.82, 2.24) is 0 Å². The SMILES string of the molecule is c1ccc(-c2ccc(N(c3ccc4ccccc4c3)c3cc4oc5ccccc5c4cc3-c3ccccc3)cc2)cc1. The molecule has 0 aliphatic heterocycles. The fourth-order valence-corrected chi connectivity index (χ4v) is 5.97. The lowest BCUT2D eigenvalue weighted by Crippen LogP contribution is -2.11. The first-order valence-electron chi connectivity index (χ1n) is 14.3. The van der Waals surface area contributed by atoms with Crippen molar-refractivity contribution in [3.63, 3.8) is 0 Å². The van der Waals surface area contributed by atoms with E-state index >= 15 is 0 Å². The normalized spacial score (nSPS) is 11.3. The third kappa shape index (κ3) is 4.22. The summed E-state index contributed by atoms with van der Waals surface area (Å²) in [6, 6.07) is 58.0. The Morgan fingerprint density at radius 1 is 0.381 bits per heavy atom. The molecule has 7 aromatic carbocycles. The van der Waals surface area contributed by atoms with Gasteiger partial charge in [0, 0.05) is 33.8 Å². The van der Waals surface area contributed by atoms with Crippen molar-refractivity contribution < 1.29 is 4.42 Å². The third-order valence-electron chi connectivity index (χ3n) is 8.04. The Kier molecular flexibility index (Phi) is 5.82. The van der Waals surface area contributed by atoms with E-state index in [0.29, 0.717) is 0 Å². The summed E-state index contributed by atoms with van der Waals surface area (Å²) < 4.78 is 6.43. The van der Waals surface area contributed by atoms with Gasteiger partial charge < -0.3 is 9.32 Å². The van der Waals surface area contributed by atoms with E-state index in [-0.39, 0.29) is 0 Å². The van der Waals surface area contributed by atoms with E-state index in [4.69, 9.17) is 4.42 Å². The van der Waals surface area contributed by atoms with E-state index in [1.165, 1.54) is 21.9 Å². The molecule has 0 amide bonds. The third-order valence-corrected chi connectivity index (χ3v) is 8.04. The lowest BCUT2D eigenvalue weighted by atomic mass is 9.98. The molecule has 0 unspecified atom stereocenters. The minimum absolute atomic E-state index is 0.873. The zero-order valence-electron chi connectivity index (χ0n) is 22.9. The number of anilines is 3. The van der Waals surface area contributed by atoms with Crippen molar-refractivity contribution >= 4 is 49.8 Å². The van der Waals surface area contributed by atoms with Crippen molar-refractivity contribution in [2.75, 3.05) is 4.90 Å². The molecule has 2 nitrogen and oxygen atoms in total. The predicted molar refractivity (Wildman–Crippen MR) is 177 cm³/mol. The van der Waals surface area contributed by atoms with Crippen molar-refractivity contribution in [2.24, 2.45) is 0 Å². The maximum atomic E-state index is 6.43. The molecular weight excluding hydrogens is 510 g/mol. The number of rotatable bonds is 5. The van der Waals surface area contributed by atoms with Gasteiger partial charge in [-0.3, -0.25) is 0 Å². The highest BCUT2D eigenvalue weighted by atomic mass is 16.3. The van der Waals surface area contributed by atoms with E-state index in [2.05, 4.69) is 157 Å². The van der Waals surface area contributed by atoms with E-state index < -0.39 is 0 Å². The van der Waals surface area contributed by atoms with E-state index in [1.807, 2.05) is 12.1 Å². The van der Waals surface area contributed by atoms with E-state index in [1.54, 1.807) is 0 Å². The van der Waals surface area contributed by atoms with Gasteiger partial charge in [-0.2, -0.15) is 0 Å². The van der Waals surface area contributed by atoms with E-state index in [9.17, 15) is 0 Å². The van der Waals surface area contributed by atoms with Gasteiger partial charge in [-0.05, 0) is 63.9 Å². The Bertz CT molecular complexity index is 2180. The van der Waals surface area contributed by atoms with Crippen molar-refractivity contribution in [3.8, 4) is 22.3 Å². The van der Waals surface area contributed by atoms with E-state index in [0.717, 1.165) is 50.1 Å². The molecule has 8 aromatic rings. The Balaban J connectivity index is 1.40. The Morgan fingerprint density at radius 2 is 1.00 bits per heavy atom. The summed E-state index contributed by atoms with van der Waals surface area (Å²) in [4.78, 5) is 2.36. The van der Waals surface area contributed by atoms with Crippen LogP contribution in [0.5, 0.6) is 0 Å². The highest BCUT2D eigenvalue weighted by Gasteiger charge is 2.21. The molecule has 0 spiro atoms. The number of para-hydroxylation sites is 1. The van der Waals surface area contributed by atoms with Crippen LogP contribution in [0.3, 0.4) is 0 Å². The Morgan fingerprint density at radius 3 is 1.79 bits per heavy atom. The zero-order chi connectivity index (χ0) is 27.9. The number of furan rings is 1. The first-order valence-corrected chi connectivity index (χ1v) is 14.3. The van der Waals surface area contributed by atoms with Crippen LogP contribution in [0.25, 0.3) is 55.0 Å². The molecule has 8 rings (SSSR count). The fourth-order valence-electron chi connectivity index (χ4n) is 5.97. The van der Waals surface area contributed by atoms with Crippen molar-refractivity contribution in [2.45, 2.75) is 0 Å². The smallest absolute Gasteiger partial charge is 0.137 e. The quantitative estimate of drug-likeness (QED) is 0.217. The highest BCUT2D eigenvalue weighted by Crippen LogP contribution is 2.45. The van der Waals surface area contributed by atoms with Crippen LogP contribution in [0, 0.1) is 0 Å². The van der Waals surface area contributed by atoms with Gasteiger partial charge in [0.05, 0.1) is 5.69 Å². The van der Waals surface area contributed by atoms with Gasteiger partial charge in [0.25, 0.3) is 0 Å². The summed E-state index contributed by atoms with van der Waals surface area (Å²) >= 11 is 0. The maximum Gasteiger partial charge on any atom is 0.137 e. The van der Waals surface area contributed by atoms with Gasteiger partial charge in [0.2, 0.25) is 0 Å². The van der Waals surface area contributed by atoms with Crippen LogP contribution in [0.15, 0.2) is 168 Å². The minimum Gasteiger partial charge on any atom is -0.456 e. The van der Waals surface area contributed by atoms with Gasteiger partial charge in [-0.15, -0.1) is 0 Å². The average molecular weight is 538 g/mol. The van der Waals surface area contributed by atoms with Gasteiger partial charge in [-0.25, -0.2) is 0 Å². The van der Waals surface area contributed by atoms with Crippen LogP contribution in [0.1, 0.15) is 0 Å². The van der Waals surface area contributed by atoms with Gasteiger partial charge in [0.1, 0.15) is 11.2 Å². The first kappa shape index (κ1) is 24.2. The number of benzene rings is 7. The first-order chi connectivity index (χ1) is 20.8. The summed E-state index contributed by atoms with van der Waals surface area (Å²) in [5, 5.41) is 4.66. The summed E-state index contributed by atoms with van der Waals surface area (Å²) in [7, 11) is 0. The predicted octanol–water partition coefficient (Wildman–Crippen LogP) is 11.5. The molecule has 0 aliphatic carbocycles. The van der Waals surface area contributed by atoms with Gasteiger partial charge in [0.15, 0.2) is 0 Å². The van der Waals surface area contributed by atoms with Gasteiger partial charge >= 0.3 is 0 Å². The molecule has 2 heteroatoms. The lowest BCUT2D eigenvalue weighted by Gasteiger charge is -2.28. The van der Waals surface area contributed by atoms with Crippen LogP contribution >= 0.6 is 0 Å². The fraction of sp³-hybridized carbons (Fsp3) is 0. The molecule has 0 bridgehead atoms. The van der Waals surface area contributed by atoms with Crippen molar-refractivity contribution in [1.29, 1.82) is 0 Å². The molecule has 0 radical (unpaired) electrons. The lowest BCUT2D eigenvalue weighted by molar-refractivity contribution is 0.669. The summed E-state index contributed by atoms with van der Waals surface area (Å²) in [6.45, 7) is 0. The molecule has 0 fully saturated rings. The average Bonchev–Trinajstić information content (AvgIpc) is 3.43. The standard InChI is InChI=1S/C40H27NO/c1-3-11-28(12-4-1)30-19-22-33(23-20-30)41(34-24-21-29-13-7-8-16-32(29)25-34)38-27-40-37(35-17-9-10-18-39(35)42-40)26-36(38)31-14-5-2-6-15-31/h1-27H. The summed E-state index contributed by atoms with van der Waals surface area (Å²) in [5.41, 5.74) is 9.71. The van der Waals surface area contributed by atoms with Crippen LogP contribution < -0.4 is 4.90 Å². The molecule has 198 valence electrons. The second-order valence-corrected chi connectivity index (χ2v) is 10.6. The Labute approximate surface area is 244 Å². The molecule has 1 heterocycles. The number of fused-ring (bicyclic) bond motifs is 4. The largest absolute Gasteiger partial charge is 0.456 e. The molecule has 0 aliphatic rings. The Hall–Kier alpha value is -5.60. The number of hydrogen-bond donors (Lipinski definition) is 0. The molecule has 0 atom stereocenters. The highest BCUT2D eigenvalue weighted by molar-refractivity contribution is 6.09. The van der Waals surface area contributed by atoms with Crippen LogP contribution in [-0.4, -0.2) is 0 Å². The summed E-state index contributed by atoms with van der Waals surface area (Å²) in [6.07, 6.45) is 0. The topological polar surface area (TPSA) is 16.4 Å². The van der Waals surface area contributed by atoms with Crippen molar-refractivity contribution in [3.05, 3.63) is 164 Å². The van der Waals surface area contributed by atoms with Crippen LogP contribution in [0.2, 0.25) is 0 Å². The maximum absolute atomic E-state index is 6.43. The second-order valence-electron chi connectivity index (χ2n) is 10.6. The monoisotopic (exact) mass is 537 g/mol.